The Morgan fingerprint density at radius 2 is 1.73 bits per heavy atom. The van der Waals surface area contributed by atoms with Gasteiger partial charge in [0.15, 0.2) is 5.75 Å². The van der Waals surface area contributed by atoms with Gasteiger partial charge in [0.25, 0.3) is 0 Å². The molecule has 0 saturated heterocycles. The van der Waals surface area contributed by atoms with Gasteiger partial charge >= 0.3 is 0 Å². The van der Waals surface area contributed by atoms with E-state index in [1.165, 1.54) is 0 Å². The molecule has 0 aromatic heterocycles. The molecule has 3 aromatic rings. The summed E-state index contributed by atoms with van der Waals surface area (Å²) in [6.45, 7) is 2.03. The molecule has 5 heteroatoms. The maximum absolute atomic E-state index is 12.2. The van der Waals surface area contributed by atoms with Crippen LogP contribution in [0, 0.1) is 6.92 Å². The molecule has 0 aliphatic carbocycles. The van der Waals surface area contributed by atoms with Crippen LogP contribution in [-0.2, 0) is 4.79 Å². The van der Waals surface area contributed by atoms with Crippen molar-refractivity contribution in [2.75, 3.05) is 17.2 Å². The number of nitrogens with one attached hydrogen (secondary N) is 2. The van der Waals surface area contributed by atoms with Crippen LogP contribution in [0.3, 0.4) is 0 Å². The smallest absolute Gasteiger partial charge is 0.243 e. The second kappa shape index (κ2) is 8.41. The lowest BCUT2D eigenvalue weighted by Gasteiger charge is -2.13. The zero-order valence-electron chi connectivity index (χ0n) is 14.3. The summed E-state index contributed by atoms with van der Waals surface area (Å²) in [4.78, 5) is 12.2. The van der Waals surface area contributed by atoms with Crippen LogP contribution in [0.5, 0.6) is 11.5 Å². The molecule has 2 N–H and O–H groups in total. The number of amides is 1. The van der Waals surface area contributed by atoms with Gasteiger partial charge < -0.3 is 15.4 Å². The Balaban J connectivity index is 1.62. The quantitative estimate of drug-likeness (QED) is 0.606. The predicted octanol–water partition coefficient (Wildman–Crippen LogP) is 5.49. The van der Waals surface area contributed by atoms with Crippen LogP contribution in [0.4, 0.5) is 11.4 Å². The minimum Gasteiger partial charge on any atom is -0.455 e. The van der Waals surface area contributed by atoms with Crippen molar-refractivity contribution in [3.05, 3.63) is 83.4 Å². The van der Waals surface area contributed by atoms with Gasteiger partial charge in [-0.3, -0.25) is 4.79 Å². The van der Waals surface area contributed by atoms with Gasteiger partial charge in [-0.2, -0.15) is 0 Å². The molecule has 0 atom stereocenters. The summed E-state index contributed by atoms with van der Waals surface area (Å²) in [6.07, 6.45) is 0. The lowest BCUT2D eigenvalue weighted by molar-refractivity contribution is -0.114. The molecule has 3 rings (SSSR count). The van der Waals surface area contributed by atoms with E-state index in [0.717, 1.165) is 17.0 Å². The van der Waals surface area contributed by atoms with E-state index in [1.54, 1.807) is 6.07 Å². The Morgan fingerprint density at radius 1 is 1.00 bits per heavy atom. The predicted molar refractivity (Wildman–Crippen MR) is 106 cm³/mol. The highest BCUT2D eigenvalue weighted by Gasteiger charge is 2.08. The summed E-state index contributed by atoms with van der Waals surface area (Å²) in [5.74, 6) is 1.23. The second-order valence-corrected chi connectivity index (χ2v) is 6.18. The van der Waals surface area contributed by atoms with Gasteiger partial charge in [0.05, 0.1) is 12.2 Å². The van der Waals surface area contributed by atoms with Crippen molar-refractivity contribution < 1.29 is 9.53 Å². The Labute approximate surface area is 157 Å². The molecule has 0 saturated carbocycles. The number of carbonyl (C=O) groups is 1. The fraction of sp³-hybridized carbons (Fsp3) is 0.0952. The Hall–Kier alpha value is -2.98. The van der Waals surface area contributed by atoms with E-state index in [4.69, 9.17) is 16.3 Å². The number of halogens is 1. The maximum Gasteiger partial charge on any atom is 0.243 e. The van der Waals surface area contributed by atoms with E-state index in [0.29, 0.717) is 16.5 Å². The van der Waals surface area contributed by atoms with Crippen molar-refractivity contribution in [3.63, 3.8) is 0 Å². The SMILES string of the molecule is Cc1ccc(NC(=O)CNc2ccccc2Oc2ccccc2)cc1Cl. The van der Waals surface area contributed by atoms with E-state index in [9.17, 15) is 4.79 Å². The lowest BCUT2D eigenvalue weighted by atomic mass is 10.2. The van der Waals surface area contributed by atoms with Gasteiger partial charge in [-0.25, -0.2) is 0 Å². The molecule has 0 bridgehead atoms. The summed E-state index contributed by atoms with van der Waals surface area (Å²) >= 11 is 6.08. The number of hydrogen-bond acceptors (Lipinski definition) is 3. The van der Waals surface area contributed by atoms with Crippen molar-refractivity contribution >= 4 is 28.9 Å². The zero-order chi connectivity index (χ0) is 18.4. The topological polar surface area (TPSA) is 50.4 Å². The van der Waals surface area contributed by atoms with Gasteiger partial charge in [0, 0.05) is 10.7 Å². The van der Waals surface area contributed by atoms with E-state index in [1.807, 2.05) is 73.7 Å². The van der Waals surface area contributed by atoms with E-state index in [-0.39, 0.29) is 12.5 Å². The molecule has 0 spiro atoms. The van der Waals surface area contributed by atoms with Crippen molar-refractivity contribution in [1.29, 1.82) is 0 Å². The molecule has 0 radical (unpaired) electrons. The molecule has 0 aliphatic heterocycles. The molecule has 0 fully saturated rings. The summed E-state index contributed by atoms with van der Waals surface area (Å²) in [7, 11) is 0. The van der Waals surface area contributed by atoms with Gasteiger partial charge in [0.2, 0.25) is 5.91 Å². The van der Waals surface area contributed by atoms with Crippen molar-refractivity contribution in [3.8, 4) is 11.5 Å². The number of ether oxygens (including phenoxy) is 1. The Kier molecular flexibility index (Phi) is 5.77. The highest BCUT2D eigenvalue weighted by molar-refractivity contribution is 6.31. The van der Waals surface area contributed by atoms with Crippen LogP contribution < -0.4 is 15.4 Å². The molecule has 132 valence electrons. The number of carbonyl (C=O) groups excluding carboxylic acids is 1. The van der Waals surface area contributed by atoms with Gasteiger partial charge in [-0.15, -0.1) is 0 Å². The van der Waals surface area contributed by atoms with Crippen LogP contribution in [0.2, 0.25) is 5.02 Å². The third-order valence-electron chi connectivity index (χ3n) is 3.75. The third kappa shape index (κ3) is 4.77. The summed E-state index contributed by atoms with van der Waals surface area (Å²) in [5.41, 5.74) is 2.38. The summed E-state index contributed by atoms with van der Waals surface area (Å²) in [5, 5.41) is 6.55. The number of para-hydroxylation sites is 3. The number of aryl methyl sites for hydroxylation is 1. The molecule has 26 heavy (non-hydrogen) atoms. The lowest BCUT2D eigenvalue weighted by Crippen LogP contribution is -2.21. The van der Waals surface area contributed by atoms with Gasteiger partial charge in [-0.05, 0) is 48.9 Å². The van der Waals surface area contributed by atoms with Crippen molar-refractivity contribution in [2.45, 2.75) is 6.92 Å². The number of rotatable bonds is 6. The van der Waals surface area contributed by atoms with Crippen LogP contribution >= 0.6 is 11.6 Å². The molecule has 1 amide bonds. The van der Waals surface area contributed by atoms with Crippen LogP contribution in [-0.4, -0.2) is 12.5 Å². The number of hydrogen-bond donors (Lipinski definition) is 2. The van der Waals surface area contributed by atoms with Crippen LogP contribution in [0.25, 0.3) is 0 Å². The molecule has 0 unspecified atom stereocenters. The first-order valence-corrected chi connectivity index (χ1v) is 8.61. The normalized spacial score (nSPS) is 10.2. The zero-order valence-corrected chi connectivity index (χ0v) is 15.1. The fourth-order valence-corrected chi connectivity index (χ4v) is 2.55. The standard InChI is InChI=1S/C21H19ClN2O2/c1-15-11-12-16(13-18(15)22)24-21(25)14-23-19-9-5-6-10-20(19)26-17-7-3-2-4-8-17/h2-13,23H,14H2,1H3,(H,24,25). The summed E-state index contributed by atoms with van der Waals surface area (Å²) in [6, 6.07) is 22.4. The molecule has 3 aromatic carbocycles. The minimum atomic E-state index is -0.167. The first-order chi connectivity index (χ1) is 12.6. The van der Waals surface area contributed by atoms with Gasteiger partial charge in [-0.1, -0.05) is 48.0 Å². The third-order valence-corrected chi connectivity index (χ3v) is 4.16. The summed E-state index contributed by atoms with van der Waals surface area (Å²) < 4.78 is 5.88. The molecule has 0 heterocycles. The highest BCUT2D eigenvalue weighted by atomic mass is 35.5. The number of anilines is 2. The van der Waals surface area contributed by atoms with Crippen molar-refractivity contribution in [2.24, 2.45) is 0 Å². The molecular weight excluding hydrogens is 348 g/mol. The Morgan fingerprint density at radius 3 is 2.50 bits per heavy atom. The minimum absolute atomic E-state index is 0.112. The maximum atomic E-state index is 12.2. The first-order valence-electron chi connectivity index (χ1n) is 8.23. The van der Waals surface area contributed by atoms with E-state index in [2.05, 4.69) is 10.6 Å². The fourth-order valence-electron chi connectivity index (χ4n) is 2.37. The van der Waals surface area contributed by atoms with E-state index >= 15 is 0 Å². The molecule has 0 aliphatic rings. The van der Waals surface area contributed by atoms with Crippen LogP contribution in [0.15, 0.2) is 72.8 Å². The molecular formula is C21H19ClN2O2. The van der Waals surface area contributed by atoms with E-state index < -0.39 is 0 Å². The van der Waals surface area contributed by atoms with Crippen LogP contribution in [0.1, 0.15) is 5.56 Å². The number of benzene rings is 3. The second-order valence-electron chi connectivity index (χ2n) is 5.78. The highest BCUT2D eigenvalue weighted by Crippen LogP contribution is 2.29. The molecule has 4 nitrogen and oxygen atoms in total. The largest absolute Gasteiger partial charge is 0.455 e. The Bertz CT molecular complexity index is 898. The average molecular weight is 367 g/mol. The monoisotopic (exact) mass is 366 g/mol. The average Bonchev–Trinajstić information content (AvgIpc) is 2.65. The first kappa shape index (κ1) is 17.8. The van der Waals surface area contributed by atoms with Crippen molar-refractivity contribution in [1.82, 2.24) is 0 Å². The van der Waals surface area contributed by atoms with Gasteiger partial charge in [0.1, 0.15) is 5.75 Å².